The van der Waals surface area contributed by atoms with Crippen LogP contribution < -0.4 is 4.90 Å². The number of amides is 1. The van der Waals surface area contributed by atoms with Gasteiger partial charge in [-0.15, -0.1) is 0 Å². The molecule has 2 aromatic carbocycles. The van der Waals surface area contributed by atoms with Crippen LogP contribution in [0.25, 0.3) is 0 Å². The lowest BCUT2D eigenvalue weighted by Gasteiger charge is -2.36. The number of ether oxygens (including phenoxy) is 1. The van der Waals surface area contributed by atoms with Gasteiger partial charge in [-0.05, 0) is 18.2 Å². The number of esters is 1. The van der Waals surface area contributed by atoms with Gasteiger partial charge in [-0.1, -0.05) is 23.7 Å². The highest BCUT2D eigenvalue weighted by Crippen LogP contribution is 2.28. The topological polar surface area (TPSA) is 93.0 Å². The van der Waals surface area contributed by atoms with E-state index in [0.29, 0.717) is 42.5 Å². The first-order chi connectivity index (χ1) is 13.4. The van der Waals surface area contributed by atoms with Crippen molar-refractivity contribution in [3.8, 4) is 0 Å². The molecule has 0 aliphatic carbocycles. The number of carbonyl (C=O) groups is 2. The van der Waals surface area contributed by atoms with E-state index in [1.165, 1.54) is 25.3 Å². The molecule has 1 saturated heterocycles. The van der Waals surface area contributed by atoms with Gasteiger partial charge in [0.25, 0.3) is 11.6 Å². The van der Waals surface area contributed by atoms with Crippen LogP contribution in [0.4, 0.5) is 11.4 Å². The van der Waals surface area contributed by atoms with Gasteiger partial charge in [0.15, 0.2) is 0 Å². The van der Waals surface area contributed by atoms with Crippen molar-refractivity contribution >= 4 is 34.9 Å². The largest absolute Gasteiger partial charge is 0.465 e. The van der Waals surface area contributed by atoms with Gasteiger partial charge >= 0.3 is 5.97 Å². The number of non-ortho nitro benzene ring substituents is 1. The average Bonchev–Trinajstić information content (AvgIpc) is 2.72. The molecule has 1 heterocycles. The molecule has 0 atom stereocenters. The van der Waals surface area contributed by atoms with Crippen molar-refractivity contribution in [2.24, 2.45) is 0 Å². The van der Waals surface area contributed by atoms with Gasteiger partial charge in [-0.25, -0.2) is 4.79 Å². The normalized spacial score (nSPS) is 13.9. The molecule has 8 nitrogen and oxygen atoms in total. The second-order valence-electron chi connectivity index (χ2n) is 6.21. The molecule has 9 heteroatoms. The Bertz CT molecular complexity index is 926. The summed E-state index contributed by atoms with van der Waals surface area (Å²) in [4.78, 5) is 38.8. The lowest BCUT2D eigenvalue weighted by Crippen LogP contribution is -2.49. The number of anilines is 1. The van der Waals surface area contributed by atoms with E-state index in [4.69, 9.17) is 16.3 Å². The smallest absolute Gasteiger partial charge is 0.340 e. The summed E-state index contributed by atoms with van der Waals surface area (Å²) in [6, 6.07) is 11.0. The van der Waals surface area contributed by atoms with Crippen LogP contribution in [0.2, 0.25) is 5.02 Å². The quantitative estimate of drug-likeness (QED) is 0.442. The van der Waals surface area contributed by atoms with Crippen molar-refractivity contribution in [1.29, 1.82) is 0 Å². The number of rotatable bonds is 4. The van der Waals surface area contributed by atoms with Gasteiger partial charge in [0.2, 0.25) is 0 Å². The summed E-state index contributed by atoms with van der Waals surface area (Å²) in [5, 5.41) is 11.4. The second-order valence-corrected chi connectivity index (χ2v) is 6.62. The van der Waals surface area contributed by atoms with E-state index >= 15 is 0 Å². The maximum atomic E-state index is 12.7. The van der Waals surface area contributed by atoms with Crippen LogP contribution in [0.3, 0.4) is 0 Å². The fourth-order valence-corrected chi connectivity index (χ4v) is 3.36. The van der Waals surface area contributed by atoms with Crippen LogP contribution >= 0.6 is 11.6 Å². The Balaban J connectivity index is 1.78. The second kappa shape index (κ2) is 8.26. The van der Waals surface area contributed by atoms with Crippen LogP contribution in [-0.2, 0) is 4.74 Å². The Labute approximate surface area is 166 Å². The molecule has 1 aliphatic heterocycles. The maximum Gasteiger partial charge on any atom is 0.340 e. The van der Waals surface area contributed by atoms with Gasteiger partial charge in [0.1, 0.15) is 0 Å². The fraction of sp³-hybridized carbons (Fsp3) is 0.263. The number of methoxy groups -OCH3 is 1. The number of benzene rings is 2. The first kappa shape index (κ1) is 19.6. The van der Waals surface area contributed by atoms with Crippen LogP contribution in [0, 0.1) is 10.1 Å². The Morgan fingerprint density at radius 3 is 2.36 bits per heavy atom. The minimum Gasteiger partial charge on any atom is -0.465 e. The van der Waals surface area contributed by atoms with Gasteiger partial charge in [0, 0.05) is 38.3 Å². The van der Waals surface area contributed by atoms with E-state index in [1.807, 2.05) is 4.90 Å². The molecular weight excluding hydrogens is 386 g/mol. The van der Waals surface area contributed by atoms with Crippen molar-refractivity contribution < 1.29 is 19.2 Å². The molecule has 146 valence electrons. The minimum absolute atomic E-state index is 0.127. The fourth-order valence-electron chi connectivity index (χ4n) is 3.14. The first-order valence-corrected chi connectivity index (χ1v) is 8.95. The van der Waals surface area contributed by atoms with Crippen molar-refractivity contribution in [2.75, 3.05) is 38.2 Å². The Kier molecular flexibility index (Phi) is 5.79. The number of carbonyl (C=O) groups excluding carboxylic acids is 2. The number of hydrogen-bond acceptors (Lipinski definition) is 6. The van der Waals surface area contributed by atoms with E-state index in [2.05, 4.69) is 0 Å². The van der Waals surface area contributed by atoms with E-state index < -0.39 is 10.9 Å². The van der Waals surface area contributed by atoms with Crippen LogP contribution in [0.5, 0.6) is 0 Å². The number of nitrogens with zero attached hydrogens (tertiary/aromatic N) is 3. The summed E-state index contributed by atoms with van der Waals surface area (Å²) < 4.78 is 4.77. The monoisotopic (exact) mass is 403 g/mol. The summed E-state index contributed by atoms with van der Waals surface area (Å²) in [7, 11) is 1.23. The molecule has 28 heavy (non-hydrogen) atoms. The Hall–Kier alpha value is -3.13. The standard InChI is InChI=1S/C19H18ClN3O5/c1-28-19(25)15-12-13(23(26)27)6-7-17(15)21-8-10-22(11-9-21)18(24)14-4-2-3-5-16(14)20/h2-7,12H,8-11H2,1H3. The molecule has 0 unspecified atom stereocenters. The predicted molar refractivity (Wildman–Crippen MR) is 104 cm³/mol. The summed E-state index contributed by atoms with van der Waals surface area (Å²) in [5.41, 5.74) is 0.935. The first-order valence-electron chi connectivity index (χ1n) is 8.58. The van der Waals surface area contributed by atoms with Gasteiger partial charge in [-0.2, -0.15) is 0 Å². The third-order valence-corrected chi connectivity index (χ3v) is 4.94. The number of piperazine rings is 1. The van der Waals surface area contributed by atoms with Gasteiger partial charge in [-0.3, -0.25) is 14.9 Å². The van der Waals surface area contributed by atoms with E-state index in [0.717, 1.165) is 0 Å². The van der Waals surface area contributed by atoms with Gasteiger partial charge in [0.05, 0.1) is 33.9 Å². The van der Waals surface area contributed by atoms with Crippen molar-refractivity contribution in [2.45, 2.75) is 0 Å². The maximum absolute atomic E-state index is 12.7. The minimum atomic E-state index is -0.645. The summed E-state index contributed by atoms with van der Waals surface area (Å²) in [5.74, 6) is -0.796. The van der Waals surface area contributed by atoms with Crippen LogP contribution in [-0.4, -0.2) is 55.0 Å². The molecule has 0 saturated carbocycles. The molecule has 1 amide bonds. The van der Waals surface area contributed by atoms with Crippen LogP contribution in [0.15, 0.2) is 42.5 Å². The zero-order chi connectivity index (χ0) is 20.3. The highest BCUT2D eigenvalue weighted by molar-refractivity contribution is 6.33. The number of halogens is 1. The van der Waals surface area contributed by atoms with Crippen molar-refractivity contribution in [3.63, 3.8) is 0 Å². The molecular formula is C19H18ClN3O5. The summed E-state index contributed by atoms with van der Waals surface area (Å²) >= 11 is 6.11. The highest BCUT2D eigenvalue weighted by atomic mass is 35.5. The molecule has 3 rings (SSSR count). The molecule has 1 aliphatic rings. The Morgan fingerprint density at radius 1 is 1.07 bits per heavy atom. The third-order valence-electron chi connectivity index (χ3n) is 4.61. The van der Waals surface area contributed by atoms with Crippen molar-refractivity contribution in [1.82, 2.24) is 4.90 Å². The summed E-state index contributed by atoms with van der Waals surface area (Å²) in [6.07, 6.45) is 0. The number of hydrogen-bond donors (Lipinski definition) is 0. The molecule has 0 radical (unpaired) electrons. The lowest BCUT2D eigenvalue weighted by atomic mass is 10.1. The highest BCUT2D eigenvalue weighted by Gasteiger charge is 2.27. The lowest BCUT2D eigenvalue weighted by molar-refractivity contribution is -0.384. The molecule has 1 fully saturated rings. The summed E-state index contributed by atoms with van der Waals surface area (Å²) in [6.45, 7) is 1.80. The number of nitro benzene ring substituents is 1. The molecule has 0 spiro atoms. The average molecular weight is 404 g/mol. The SMILES string of the molecule is COC(=O)c1cc([N+](=O)[O-])ccc1N1CCN(C(=O)c2ccccc2Cl)CC1. The van der Waals surface area contributed by atoms with E-state index in [9.17, 15) is 19.7 Å². The third kappa shape index (κ3) is 3.91. The van der Waals surface area contributed by atoms with Crippen LogP contribution in [0.1, 0.15) is 20.7 Å². The van der Waals surface area contributed by atoms with E-state index in [-0.39, 0.29) is 17.2 Å². The molecule has 0 bridgehead atoms. The predicted octanol–water partition coefficient (Wildman–Crippen LogP) is 3.00. The molecule has 2 aromatic rings. The molecule has 0 N–H and O–H groups in total. The molecule has 0 aromatic heterocycles. The Morgan fingerprint density at radius 2 is 1.75 bits per heavy atom. The van der Waals surface area contributed by atoms with E-state index in [1.54, 1.807) is 29.2 Å². The zero-order valence-electron chi connectivity index (χ0n) is 15.1. The zero-order valence-corrected chi connectivity index (χ0v) is 15.9. The van der Waals surface area contributed by atoms with Gasteiger partial charge < -0.3 is 14.5 Å². The van der Waals surface area contributed by atoms with Crippen molar-refractivity contribution in [3.05, 3.63) is 68.7 Å². The number of nitro groups is 1.